The fourth-order valence-electron chi connectivity index (χ4n) is 3.92. The maximum atomic E-state index is 12.5. The van der Waals surface area contributed by atoms with Gasteiger partial charge >= 0.3 is 0 Å². The van der Waals surface area contributed by atoms with Crippen molar-refractivity contribution in [3.63, 3.8) is 0 Å². The number of rotatable bonds is 10. The van der Waals surface area contributed by atoms with Crippen LogP contribution < -0.4 is 9.47 Å². The number of carbonyl (C=O) groups is 1. The first kappa shape index (κ1) is 25.3. The average molecular weight is 488 g/mol. The van der Waals surface area contributed by atoms with Crippen molar-refractivity contribution < 1.29 is 19.1 Å². The first-order valence-electron chi connectivity index (χ1n) is 12.2. The van der Waals surface area contributed by atoms with Gasteiger partial charge < -0.3 is 24.1 Å². The third-order valence-corrected chi connectivity index (χ3v) is 6.19. The van der Waals surface area contributed by atoms with Crippen LogP contribution in [0.3, 0.4) is 0 Å². The molecule has 3 aromatic carbocycles. The molecule has 7 nitrogen and oxygen atoms in total. The molecule has 1 fully saturated rings. The maximum absolute atomic E-state index is 12.5. The first-order valence-corrected chi connectivity index (χ1v) is 12.2. The highest BCUT2D eigenvalue weighted by Crippen LogP contribution is 2.17. The predicted octanol–water partition coefficient (Wildman–Crippen LogP) is 4.01. The second-order valence-electron chi connectivity index (χ2n) is 8.82. The van der Waals surface area contributed by atoms with Crippen LogP contribution >= 0.6 is 0 Å². The van der Waals surface area contributed by atoms with Crippen molar-refractivity contribution in [2.24, 2.45) is 5.16 Å². The molecule has 0 N–H and O–H groups in total. The lowest BCUT2D eigenvalue weighted by Gasteiger charge is -2.32. The highest BCUT2D eigenvalue weighted by molar-refractivity contribution is 6.01. The number of piperazine rings is 1. The minimum Gasteiger partial charge on any atom is -0.497 e. The van der Waals surface area contributed by atoms with Gasteiger partial charge in [0.2, 0.25) is 0 Å². The van der Waals surface area contributed by atoms with Gasteiger partial charge in [-0.2, -0.15) is 0 Å². The van der Waals surface area contributed by atoms with E-state index >= 15 is 0 Å². The molecule has 0 spiro atoms. The zero-order chi connectivity index (χ0) is 25.2. The second-order valence-corrected chi connectivity index (χ2v) is 8.82. The standard InChI is InChI=1S/C29H33N3O4/c1-31-16-18-32(19-17-31)29(33)22-35-27-14-10-25(11-15-27)28(20-23-6-4-3-5-7-23)30-36-21-24-8-12-26(34-2)13-9-24/h3-15H,16-22H2,1-2H3/b30-28+. The molecule has 188 valence electrons. The van der Waals surface area contributed by atoms with E-state index in [1.54, 1.807) is 7.11 Å². The number of benzene rings is 3. The van der Waals surface area contributed by atoms with Gasteiger partial charge in [-0.25, -0.2) is 0 Å². The predicted molar refractivity (Wildman–Crippen MR) is 140 cm³/mol. The van der Waals surface area contributed by atoms with Crippen LogP contribution in [0.5, 0.6) is 11.5 Å². The molecule has 1 aliphatic heterocycles. The van der Waals surface area contributed by atoms with Crippen molar-refractivity contribution in [1.82, 2.24) is 9.80 Å². The number of oxime groups is 1. The highest BCUT2D eigenvalue weighted by atomic mass is 16.6. The van der Waals surface area contributed by atoms with E-state index in [0.29, 0.717) is 18.8 Å². The molecule has 3 aromatic rings. The zero-order valence-electron chi connectivity index (χ0n) is 20.9. The number of likely N-dealkylation sites (N-methyl/N-ethyl adjacent to an activating group) is 1. The molecule has 0 aliphatic carbocycles. The Morgan fingerprint density at radius 1 is 0.833 bits per heavy atom. The van der Waals surface area contributed by atoms with Crippen molar-refractivity contribution in [2.45, 2.75) is 13.0 Å². The number of ether oxygens (including phenoxy) is 2. The summed E-state index contributed by atoms with van der Waals surface area (Å²) in [4.78, 5) is 22.3. The van der Waals surface area contributed by atoms with Gasteiger partial charge in [-0.1, -0.05) is 47.6 Å². The van der Waals surface area contributed by atoms with Gasteiger partial charge in [-0.05, 0) is 60.1 Å². The molecule has 36 heavy (non-hydrogen) atoms. The van der Waals surface area contributed by atoms with Gasteiger partial charge in [-0.3, -0.25) is 4.79 Å². The van der Waals surface area contributed by atoms with Gasteiger partial charge in [-0.15, -0.1) is 0 Å². The lowest BCUT2D eigenvalue weighted by atomic mass is 10.0. The van der Waals surface area contributed by atoms with E-state index in [0.717, 1.165) is 54.3 Å². The number of amides is 1. The van der Waals surface area contributed by atoms with Crippen LogP contribution in [0.25, 0.3) is 0 Å². The van der Waals surface area contributed by atoms with Crippen molar-refractivity contribution in [3.05, 3.63) is 95.6 Å². The zero-order valence-corrected chi connectivity index (χ0v) is 20.9. The lowest BCUT2D eigenvalue weighted by Crippen LogP contribution is -2.48. The summed E-state index contributed by atoms with van der Waals surface area (Å²) in [7, 11) is 3.72. The molecule has 1 saturated heterocycles. The summed E-state index contributed by atoms with van der Waals surface area (Å²) >= 11 is 0. The maximum Gasteiger partial charge on any atom is 0.260 e. The van der Waals surface area contributed by atoms with E-state index in [-0.39, 0.29) is 12.5 Å². The van der Waals surface area contributed by atoms with Crippen molar-refractivity contribution >= 4 is 11.6 Å². The highest BCUT2D eigenvalue weighted by Gasteiger charge is 2.19. The Labute approximate surface area is 212 Å². The third kappa shape index (κ3) is 7.33. The number of methoxy groups -OCH3 is 1. The Morgan fingerprint density at radius 2 is 1.50 bits per heavy atom. The summed E-state index contributed by atoms with van der Waals surface area (Å²) in [6.07, 6.45) is 0.631. The molecule has 0 atom stereocenters. The average Bonchev–Trinajstić information content (AvgIpc) is 2.93. The van der Waals surface area contributed by atoms with E-state index in [1.165, 1.54) is 0 Å². The van der Waals surface area contributed by atoms with Crippen molar-refractivity contribution in [1.29, 1.82) is 0 Å². The van der Waals surface area contributed by atoms with Crippen LogP contribution in [-0.4, -0.2) is 68.4 Å². The largest absolute Gasteiger partial charge is 0.497 e. The second kappa shape index (κ2) is 12.7. The van der Waals surface area contributed by atoms with Gasteiger partial charge in [0.25, 0.3) is 5.91 Å². The van der Waals surface area contributed by atoms with E-state index < -0.39 is 0 Å². The molecule has 7 heteroatoms. The minimum atomic E-state index is 0.0189. The van der Waals surface area contributed by atoms with E-state index in [4.69, 9.17) is 14.3 Å². The van der Waals surface area contributed by atoms with E-state index in [2.05, 4.69) is 29.2 Å². The van der Waals surface area contributed by atoms with Gasteiger partial charge in [0.1, 0.15) is 18.1 Å². The summed E-state index contributed by atoms with van der Waals surface area (Å²) in [5.41, 5.74) is 3.90. The molecule has 0 saturated carbocycles. The number of nitrogens with zero attached hydrogens (tertiary/aromatic N) is 3. The summed E-state index contributed by atoms with van der Waals surface area (Å²) in [5.74, 6) is 1.48. The van der Waals surface area contributed by atoms with Gasteiger partial charge in [0.05, 0.1) is 12.8 Å². The molecule has 1 heterocycles. The van der Waals surface area contributed by atoms with Crippen molar-refractivity contribution in [2.75, 3.05) is 46.9 Å². The number of carbonyl (C=O) groups excluding carboxylic acids is 1. The SMILES string of the molecule is COc1ccc(CO/N=C(\Cc2ccccc2)c2ccc(OCC(=O)N3CCN(C)CC3)cc2)cc1. The smallest absolute Gasteiger partial charge is 0.260 e. The van der Waals surface area contributed by atoms with Crippen molar-refractivity contribution in [3.8, 4) is 11.5 Å². The van der Waals surface area contributed by atoms with E-state index in [1.807, 2.05) is 71.6 Å². The molecule has 4 rings (SSSR count). The Morgan fingerprint density at radius 3 is 2.17 bits per heavy atom. The molecule has 1 aliphatic rings. The Kier molecular flexibility index (Phi) is 8.94. The van der Waals surface area contributed by atoms with Crippen LogP contribution in [0, 0.1) is 0 Å². The molecule has 1 amide bonds. The Hall–Kier alpha value is -3.84. The third-order valence-electron chi connectivity index (χ3n) is 6.19. The minimum absolute atomic E-state index is 0.0189. The summed E-state index contributed by atoms with van der Waals surface area (Å²) < 4.78 is 11.0. The molecule has 0 aromatic heterocycles. The molecule has 0 radical (unpaired) electrons. The topological polar surface area (TPSA) is 63.6 Å². The lowest BCUT2D eigenvalue weighted by molar-refractivity contribution is -0.134. The van der Waals surface area contributed by atoms with Crippen LogP contribution in [0.4, 0.5) is 0 Å². The normalized spacial score (nSPS) is 14.4. The van der Waals surface area contributed by atoms with Gasteiger partial charge in [0.15, 0.2) is 6.61 Å². The fraction of sp³-hybridized carbons (Fsp3) is 0.310. The Bertz CT molecular complexity index is 1120. The van der Waals surface area contributed by atoms with Crippen LogP contribution in [0.15, 0.2) is 84.0 Å². The van der Waals surface area contributed by atoms with Crippen LogP contribution in [0.1, 0.15) is 16.7 Å². The summed E-state index contributed by atoms with van der Waals surface area (Å²) in [6.45, 7) is 3.67. The summed E-state index contributed by atoms with van der Waals surface area (Å²) in [6, 6.07) is 25.5. The molecular weight excluding hydrogens is 454 g/mol. The molecular formula is C29H33N3O4. The molecule has 0 bridgehead atoms. The molecule has 0 unspecified atom stereocenters. The van der Waals surface area contributed by atoms with Gasteiger partial charge in [0, 0.05) is 32.6 Å². The number of hydrogen-bond acceptors (Lipinski definition) is 6. The van der Waals surface area contributed by atoms with Crippen LogP contribution in [-0.2, 0) is 22.7 Å². The monoisotopic (exact) mass is 487 g/mol. The number of hydrogen-bond donors (Lipinski definition) is 0. The van der Waals surface area contributed by atoms with E-state index in [9.17, 15) is 4.79 Å². The summed E-state index contributed by atoms with van der Waals surface area (Å²) in [5, 5.41) is 4.48. The Balaban J connectivity index is 1.39. The van der Waals surface area contributed by atoms with Crippen LogP contribution in [0.2, 0.25) is 0 Å². The quantitative estimate of drug-likeness (QED) is 0.319. The first-order chi connectivity index (χ1) is 17.6. The fourth-order valence-corrected chi connectivity index (χ4v) is 3.92.